The van der Waals surface area contributed by atoms with Crippen molar-refractivity contribution in [2.45, 2.75) is 26.1 Å². The van der Waals surface area contributed by atoms with Crippen molar-refractivity contribution in [3.63, 3.8) is 0 Å². The van der Waals surface area contributed by atoms with E-state index in [1.807, 2.05) is 0 Å². The van der Waals surface area contributed by atoms with Gasteiger partial charge in [-0.25, -0.2) is 0 Å². The van der Waals surface area contributed by atoms with Crippen LogP contribution in [0.4, 0.5) is 0 Å². The molecule has 0 saturated carbocycles. The van der Waals surface area contributed by atoms with E-state index in [0.29, 0.717) is 0 Å². The van der Waals surface area contributed by atoms with E-state index >= 15 is 0 Å². The van der Waals surface area contributed by atoms with Crippen molar-refractivity contribution in [1.82, 2.24) is 4.98 Å². The van der Waals surface area contributed by atoms with E-state index in [0.717, 1.165) is 12.1 Å². The van der Waals surface area contributed by atoms with Crippen LogP contribution in [0, 0.1) is 0 Å². The number of rotatable bonds is 2. The minimum atomic E-state index is -1.28. The van der Waals surface area contributed by atoms with Crippen LogP contribution in [0.25, 0.3) is 22.4 Å². The van der Waals surface area contributed by atoms with E-state index in [1.54, 1.807) is 0 Å². The molecule has 0 amide bonds. The summed E-state index contributed by atoms with van der Waals surface area (Å²) in [5.74, 6) is 0. The molecule has 0 aliphatic heterocycles. The zero-order chi connectivity index (χ0) is 16.0. The summed E-state index contributed by atoms with van der Waals surface area (Å²) in [6.45, 7) is 7.07. The summed E-state index contributed by atoms with van der Waals surface area (Å²) in [7, 11) is -1.28. The lowest BCUT2D eigenvalue weighted by Crippen LogP contribution is -2.37. The van der Waals surface area contributed by atoms with Crippen molar-refractivity contribution in [3.05, 3.63) is 71.9 Å². The zero-order valence-electron chi connectivity index (χ0n) is 13.9. The molecule has 0 unspecified atom stereocenters. The largest absolute Gasteiger partial charge is 0.256 e. The third-order valence-electron chi connectivity index (χ3n) is 4.72. The monoisotopic (exact) mass is 315 g/mol. The van der Waals surface area contributed by atoms with Crippen molar-refractivity contribution >= 4 is 13.3 Å². The predicted octanol–water partition coefficient (Wildman–Crippen LogP) is 4.87. The predicted molar refractivity (Wildman–Crippen MR) is 101 cm³/mol. The third-order valence-corrected chi connectivity index (χ3v) is 6.75. The summed E-state index contributed by atoms with van der Waals surface area (Å²) in [5.41, 5.74) is 7.88. The van der Waals surface area contributed by atoms with Crippen LogP contribution in [0.5, 0.6) is 0 Å². The maximum atomic E-state index is 4.73. The molecule has 0 bridgehead atoms. The Morgan fingerprint density at radius 1 is 0.826 bits per heavy atom. The molecule has 0 saturated heterocycles. The molecule has 1 aromatic heterocycles. The van der Waals surface area contributed by atoms with Crippen LogP contribution in [0.2, 0.25) is 19.6 Å². The molecule has 1 heterocycles. The van der Waals surface area contributed by atoms with Crippen LogP contribution in [0.3, 0.4) is 0 Å². The standard InChI is InChI=1S/C21H21NSi/c1-23(2,3)18-10-11-21(22-14-18)17-9-8-16-12-15-6-4-5-7-19(15)20(16)13-17/h4-11,13-14H,12H2,1-3H3. The lowest BCUT2D eigenvalue weighted by molar-refractivity contribution is 1.26. The fourth-order valence-corrected chi connectivity index (χ4v) is 4.33. The second-order valence-corrected chi connectivity index (χ2v) is 12.5. The fourth-order valence-electron chi connectivity index (χ4n) is 3.29. The SMILES string of the molecule is C[Si](C)(C)c1ccc(-c2ccc3c(c2)-c2ccccc2C3)nc1. The summed E-state index contributed by atoms with van der Waals surface area (Å²) in [5, 5.41) is 1.41. The van der Waals surface area contributed by atoms with Gasteiger partial charge in [0.25, 0.3) is 0 Å². The number of fused-ring (bicyclic) bond motifs is 3. The minimum absolute atomic E-state index is 1.05. The highest BCUT2D eigenvalue weighted by Gasteiger charge is 2.19. The molecule has 0 radical (unpaired) electrons. The van der Waals surface area contributed by atoms with Gasteiger partial charge in [0.2, 0.25) is 0 Å². The zero-order valence-corrected chi connectivity index (χ0v) is 14.9. The van der Waals surface area contributed by atoms with Gasteiger partial charge >= 0.3 is 0 Å². The van der Waals surface area contributed by atoms with Crippen LogP contribution >= 0.6 is 0 Å². The van der Waals surface area contributed by atoms with E-state index in [1.165, 1.54) is 33.0 Å². The molecule has 0 spiro atoms. The van der Waals surface area contributed by atoms with Gasteiger partial charge in [-0.3, -0.25) is 4.98 Å². The van der Waals surface area contributed by atoms with Gasteiger partial charge in [-0.05, 0) is 46.0 Å². The topological polar surface area (TPSA) is 12.9 Å². The van der Waals surface area contributed by atoms with Crippen LogP contribution in [0.15, 0.2) is 60.8 Å². The Morgan fingerprint density at radius 2 is 1.61 bits per heavy atom. The normalized spacial score (nSPS) is 12.8. The van der Waals surface area contributed by atoms with E-state index in [9.17, 15) is 0 Å². The average Bonchev–Trinajstić information content (AvgIpc) is 2.92. The van der Waals surface area contributed by atoms with E-state index in [-0.39, 0.29) is 0 Å². The highest BCUT2D eigenvalue weighted by molar-refractivity contribution is 6.88. The molecular weight excluding hydrogens is 294 g/mol. The van der Waals surface area contributed by atoms with Crippen molar-refractivity contribution in [2.75, 3.05) is 0 Å². The Labute approximate surface area is 139 Å². The number of aromatic nitrogens is 1. The number of benzene rings is 2. The number of hydrogen-bond acceptors (Lipinski definition) is 1. The van der Waals surface area contributed by atoms with Crippen molar-refractivity contribution in [2.24, 2.45) is 0 Å². The molecular formula is C21H21NSi. The van der Waals surface area contributed by atoms with Gasteiger partial charge in [0, 0.05) is 11.8 Å². The lowest BCUT2D eigenvalue weighted by Gasteiger charge is -2.16. The molecule has 23 heavy (non-hydrogen) atoms. The Morgan fingerprint density at radius 3 is 2.35 bits per heavy atom. The van der Waals surface area contributed by atoms with Gasteiger partial charge in [0.05, 0.1) is 13.8 Å². The van der Waals surface area contributed by atoms with Crippen molar-refractivity contribution in [1.29, 1.82) is 0 Å². The molecule has 114 valence electrons. The van der Waals surface area contributed by atoms with Crippen LogP contribution < -0.4 is 5.19 Å². The molecule has 2 heteroatoms. The molecule has 3 aromatic rings. The molecule has 0 fully saturated rings. The Kier molecular flexibility index (Phi) is 3.24. The first-order chi connectivity index (χ1) is 11.0. The summed E-state index contributed by atoms with van der Waals surface area (Å²) in [6.07, 6.45) is 3.12. The van der Waals surface area contributed by atoms with E-state index < -0.39 is 8.07 Å². The minimum Gasteiger partial charge on any atom is -0.256 e. The molecule has 2 aromatic carbocycles. The third kappa shape index (κ3) is 2.53. The van der Waals surface area contributed by atoms with Gasteiger partial charge in [-0.2, -0.15) is 0 Å². The Balaban J connectivity index is 1.75. The van der Waals surface area contributed by atoms with Crippen LogP contribution in [0.1, 0.15) is 11.1 Å². The van der Waals surface area contributed by atoms with Gasteiger partial charge in [-0.15, -0.1) is 0 Å². The Bertz CT molecular complexity index is 873. The van der Waals surface area contributed by atoms with Gasteiger partial charge in [-0.1, -0.05) is 62.1 Å². The highest BCUT2D eigenvalue weighted by atomic mass is 28.3. The summed E-state index contributed by atoms with van der Waals surface area (Å²) >= 11 is 0. The number of pyridine rings is 1. The first-order valence-electron chi connectivity index (χ1n) is 8.20. The summed E-state index contributed by atoms with van der Waals surface area (Å²) in [4.78, 5) is 4.73. The van der Waals surface area contributed by atoms with Gasteiger partial charge in [0.1, 0.15) is 0 Å². The number of nitrogens with zero attached hydrogens (tertiary/aromatic N) is 1. The second-order valence-electron chi connectivity index (χ2n) is 7.39. The maximum Gasteiger partial charge on any atom is 0.0796 e. The van der Waals surface area contributed by atoms with Crippen LogP contribution in [-0.4, -0.2) is 13.1 Å². The van der Waals surface area contributed by atoms with Crippen molar-refractivity contribution in [3.8, 4) is 22.4 Å². The second kappa shape index (κ2) is 5.17. The average molecular weight is 315 g/mol. The first-order valence-corrected chi connectivity index (χ1v) is 11.7. The smallest absolute Gasteiger partial charge is 0.0796 e. The summed E-state index contributed by atoms with van der Waals surface area (Å²) in [6, 6.07) is 19.9. The van der Waals surface area contributed by atoms with E-state index in [4.69, 9.17) is 4.98 Å². The summed E-state index contributed by atoms with van der Waals surface area (Å²) < 4.78 is 0. The molecule has 0 N–H and O–H groups in total. The quantitative estimate of drug-likeness (QED) is 0.481. The van der Waals surface area contributed by atoms with Crippen molar-refractivity contribution < 1.29 is 0 Å². The lowest BCUT2D eigenvalue weighted by atomic mass is 10.0. The Hall–Kier alpha value is -2.19. The molecule has 4 rings (SSSR count). The highest BCUT2D eigenvalue weighted by Crippen LogP contribution is 2.38. The van der Waals surface area contributed by atoms with Crippen LogP contribution in [-0.2, 0) is 6.42 Å². The molecule has 1 nitrogen and oxygen atoms in total. The fraction of sp³-hybridized carbons (Fsp3) is 0.190. The van der Waals surface area contributed by atoms with Gasteiger partial charge < -0.3 is 0 Å². The van der Waals surface area contributed by atoms with E-state index in [2.05, 4.69) is 80.4 Å². The molecule has 0 atom stereocenters. The number of hydrogen-bond donors (Lipinski definition) is 0. The first kappa shape index (κ1) is 14.4. The molecule has 1 aliphatic rings. The van der Waals surface area contributed by atoms with Gasteiger partial charge in [0.15, 0.2) is 0 Å². The maximum absolute atomic E-state index is 4.73. The molecule has 1 aliphatic carbocycles.